The van der Waals surface area contributed by atoms with Crippen LogP contribution in [0.3, 0.4) is 0 Å². The van der Waals surface area contributed by atoms with E-state index in [1.165, 1.54) is 10.4 Å². The predicted octanol–water partition coefficient (Wildman–Crippen LogP) is 4.01. The van der Waals surface area contributed by atoms with Gasteiger partial charge in [0.2, 0.25) is 0 Å². The van der Waals surface area contributed by atoms with Crippen molar-refractivity contribution in [1.29, 1.82) is 0 Å². The molecule has 8 heteroatoms. The number of hydrogen-bond donors (Lipinski definition) is 0. The minimum absolute atomic E-state index is 0.131. The molecule has 3 aromatic rings. The summed E-state index contributed by atoms with van der Waals surface area (Å²) in [4.78, 5) is 17.1. The van der Waals surface area contributed by atoms with Gasteiger partial charge in [-0.1, -0.05) is 41.4 Å². The Morgan fingerprint density at radius 1 is 1.07 bits per heavy atom. The second-order valence-corrected chi connectivity index (χ2v) is 7.94. The van der Waals surface area contributed by atoms with Gasteiger partial charge in [-0.05, 0) is 35.9 Å². The zero-order valence-electron chi connectivity index (χ0n) is 16.6. The molecule has 2 heterocycles. The van der Waals surface area contributed by atoms with Crippen LogP contribution in [0.25, 0.3) is 5.69 Å². The predicted molar refractivity (Wildman–Crippen MR) is 121 cm³/mol. The Kier molecular flexibility index (Phi) is 6.27. The van der Waals surface area contributed by atoms with Crippen molar-refractivity contribution < 1.29 is 4.74 Å². The van der Waals surface area contributed by atoms with Gasteiger partial charge in [0.25, 0.3) is 5.56 Å². The lowest BCUT2D eigenvalue weighted by molar-refractivity contribution is 0.122. The maximum absolute atomic E-state index is 12.8. The number of rotatable bonds is 5. The second kappa shape index (κ2) is 9.08. The molecule has 1 aliphatic heterocycles. The van der Waals surface area contributed by atoms with Crippen LogP contribution in [0, 0.1) is 0 Å². The van der Waals surface area contributed by atoms with Gasteiger partial charge in [-0.2, -0.15) is 9.78 Å². The molecular formula is C22H22Cl2N4O2. The van der Waals surface area contributed by atoms with E-state index in [-0.39, 0.29) is 10.6 Å². The normalized spacial score (nSPS) is 14.0. The van der Waals surface area contributed by atoms with Crippen molar-refractivity contribution in [2.75, 3.05) is 43.2 Å². The average Bonchev–Trinajstić information content (AvgIpc) is 2.77. The van der Waals surface area contributed by atoms with Crippen LogP contribution in [-0.4, -0.2) is 43.1 Å². The summed E-state index contributed by atoms with van der Waals surface area (Å²) < 4.78 is 6.75. The zero-order valence-corrected chi connectivity index (χ0v) is 18.1. The van der Waals surface area contributed by atoms with Crippen molar-refractivity contribution in [3.63, 3.8) is 0 Å². The molecule has 0 aliphatic carbocycles. The van der Waals surface area contributed by atoms with E-state index in [0.717, 1.165) is 31.9 Å². The molecular weight excluding hydrogens is 423 g/mol. The fourth-order valence-electron chi connectivity index (χ4n) is 3.55. The first-order valence-corrected chi connectivity index (χ1v) is 10.5. The van der Waals surface area contributed by atoms with Crippen LogP contribution in [0.5, 0.6) is 0 Å². The molecule has 0 radical (unpaired) electrons. The Balaban J connectivity index is 1.60. The molecule has 1 aliphatic rings. The summed E-state index contributed by atoms with van der Waals surface area (Å²) in [6, 6.07) is 15.2. The third-order valence-electron chi connectivity index (χ3n) is 5.13. The maximum Gasteiger partial charge on any atom is 0.292 e. The Morgan fingerprint density at radius 2 is 1.77 bits per heavy atom. The van der Waals surface area contributed by atoms with Gasteiger partial charge in [-0.15, -0.1) is 0 Å². The number of anilines is 2. The van der Waals surface area contributed by atoms with Crippen LogP contribution < -0.4 is 15.4 Å². The summed E-state index contributed by atoms with van der Waals surface area (Å²) in [6.45, 7) is 3.77. The number of morpholine rings is 1. The van der Waals surface area contributed by atoms with E-state index in [2.05, 4.69) is 22.1 Å². The van der Waals surface area contributed by atoms with E-state index >= 15 is 0 Å². The van der Waals surface area contributed by atoms with E-state index < -0.39 is 0 Å². The molecule has 0 saturated carbocycles. The summed E-state index contributed by atoms with van der Waals surface area (Å²) in [5.74, 6) is 0. The quantitative estimate of drug-likeness (QED) is 0.594. The van der Waals surface area contributed by atoms with Gasteiger partial charge < -0.3 is 14.5 Å². The van der Waals surface area contributed by atoms with Gasteiger partial charge in [-0.3, -0.25) is 4.79 Å². The SMILES string of the molecule is CN(Cc1ccccc1N1CCOCC1)c1cnn(-c2ccc(Cl)cc2)c(=O)c1Cl. The minimum atomic E-state index is -0.371. The Bertz CT molecular complexity index is 1080. The van der Waals surface area contributed by atoms with Crippen LogP contribution in [-0.2, 0) is 11.3 Å². The highest BCUT2D eigenvalue weighted by molar-refractivity contribution is 6.33. The molecule has 0 spiro atoms. The smallest absolute Gasteiger partial charge is 0.292 e. The molecule has 1 saturated heterocycles. The molecule has 0 atom stereocenters. The van der Waals surface area contributed by atoms with Crippen molar-refractivity contribution in [3.05, 3.63) is 80.7 Å². The van der Waals surface area contributed by atoms with E-state index in [4.69, 9.17) is 27.9 Å². The molecule has 2 aromatic carbocycles. The first-order valence-electron chi connectivity index (χ1n) is 9.70. The van der Waals surface area contributed by atoms with E-state index in [9.17, 15) is 4.79 Å². The number of halogens is 2. The number of para-hydroxylation sites is 1. The lowest BCUT2D eigenvalue weighted by atomic mass is 10.1. The van der Waals surface area contributed by atoms with Crippen molar-refractivity contribution in [2.24, 2.45) is 0 Å². The highest BCUT2D eigenvalue weighted by Crippen LogP contribution is 2.27. The standard InChI is InChI=1S/C22H22Cl2N4O2/c1-26(15-16-4-2-3-5-19(16)27-10-12-30-13-11-27)20-14-25-28(22(29)21(20)24)18-8-6-17(23)7-9-18/h2-9,14H,10-13,15H2,1H3. The van der Waals surface area contributed by atoms with E-state index in [1.54, 1.807) is 30.5 Å². The van der Waals surface area contributed by atoms with E-state index in [0.29, 0.717) is 22.9 Å². The molecule has 1 aromatic heterocycles. The van der Waals surface area contributed by atoms with E-state index in [1.807, 2.05) is 24.1 Å². The Labute approximate surface area is 185 Å². The summed E-state index contributed by atoms with van der Waals surface area (Å²) in [5, 5.41) is 5.04. The molecule has 30 heavy (non-hydrogen) atoms. The third kappa shape index (κ3) is 4.31. The van der Waals surface area contributed by atoms with Gasteiger partial charge in [0.05, 0.1) is 30.8 Å². The summed E-state index contributed by atoms with van der Waals surface area (Å²) in [6.07, 6.45) is 1.62. The first-order chi connectivity index (χ1) is 14.5. The lowest BCUT2D eigenvalue weighted by Crippen LogP contribution is -2.37. The minimum Gasteiger partial charge on any atom is -0.378 e. The molecule has 0 unspecified atom stereocenters. The third-order valence-corrected chi connectivity index (χ3v) is 5.74. The number of aromatic nitrogens is 2. The fourth-order valence-corrected chi connectivity index (χ4v) is 3.95. The van der Waals surface area contributed by atoms with Crippen LogP contribution in [0.2, 0.25) is 10.0 Å². The second-order valence-electron chi connectivity index (χ2n) is 7.12. The largest absolute Gasteiger partial charge is 0.378 e. The Hall–Kier alpha value is -2.54. The summed E-state index contributed by atoms with van der Waals surface area (Å²) >= 11 is 12.4. The lowest BCUT2D eigenvalue weighted by Gasteiger charge is -2.31. The topological polar surface area (TPSA) is 50.6 Å². The van der Waals surface area contributed by atoms with Crippen molar-refractivity contribution in [2.45, 2.75) is 6.54 Å². The molecule has 6 nitrogen and oxygen atoms in total. The summed E-state index contributed by atoms with van der Waals surface area (Å²) in [5.41, 5.74) is 3.15. The van der Waals surface area contributed by atoms with Crippen molar-refractivity contribution >= 4 is 34.6 Å². The Morgan fingerprint density at radius 3 is 2.50 bits per heavy atom. The average molecular weight is 445 g/mol. The molecule has 0 bridgehead atoms. The van der Waals surface area contributed by atoms with Crippen LogP contribution in [0.4, 0.5) is 11.4 Å². The first kappa shape index (κ1) is 20.7. The van der Waals surface area contributed by atoms with Crippen LogP contribution in [0.1, 0.15) is 5.56 Å². The zero-order chi connectivity index (χ0) is 21.1. The van der Waals surface area contributed by atoms with Crippen LogP contribution in [0.15, 0.2) is 59.5 Å². The van der Waals surface area contributed by atoms with Gasteiger partial charge >= 0.3 is 0 Å². The summed E-state index contributed by atoms with van der Waals surface area (Å²) in [7, 11) is 1.91. The number of nitrogens with zero attached hydrogens (tertiary/aromatic N) is 4. The highest BCUT2D eigenvalue weighted by Gasteiger charge is 2.18. The molecule has 4 rings (SSSR count). The molecule has 1 fully saturated rings. The molecule has 0 amide bonds. The number of hydrogen-bond acceptors (Lipinski definition) is 5. The molecule has 0 N–H and O–H groups in total. The fraction of sp³-hybridized carbons (Fsp3) is 0.273. The number of ether oxygens (including phenoxy) is 1. The van der Waals surface area contributed by atoms with Gasteiger partial charge in [0.15, 0.2) is 0 Å². The highest BCUT2D eigenvalue weighted by atomic mass is 35.5. The van der Waals surface area contributed by atoms with Crippen molar-refractivity contribution in [1.82, 2.24) is 9.78 Å². The maximum atomic E-state index is 12.8. The number of benzene rings is 2. The van der Waals surface area contributed by atoms with Crippen LogP contribution >= 0.6 is 23.2 Å². The molecule has 156 valence electrons. The monoisotopic (exact) mass is 444 g/mol. The van der Waals surface area contributed by atoms with Gasteiger partial charge in [-0.25, -0.2) is 0 Å². The van der Waals surface area contributed by atoms with Crippen molar-refractivity contribution in [3.8, 4) is 5.69 Å². The van der Waals surface area contributed by atoms with Gasteiger partial charge in [0.1, 0.15) is 5.02 Å². The van der Waals surface area contributed by atoms with Gasteiger partial charge in [0, 0.05) is 37.4 Å².